The topological polar surface area (TPSA) is 34.1 Å². The molecule has 0 bridgehead atoms. The number of hydrogen-bond acceptors (Lipinski definition) is 2. The smallest absolute Gasteiger partial charge is 0.202 e. The third-order valence-corrected chi connectivity index (χ3v) is 6.83. The van der Waals surface area contributed by atoms with Gasteiger partial charge in [-0.3, -0.25) is 9.59 Å². The van der Waals surface area contributed by atoms with E-state index in [2.05, 4.69) is 95.6 Å². The summed E-state index contributed by atoms with van der Waals surface area (Å²) >= 11 is 19.6. The maximum Gasteiger partial charge on any atom is 0.202 e. The van der Waals surface area contributed by atoms with Crippen LogP contribution in [0.4, 0.5) is 0 Å². The van der Waals surface area contributed by atoms with Crippen molar-refractivity contribution in [2.24, 2.45) is 0 Å². The molecule has 0 radical (unpaired) electrons. The fourth-order valence-electron chi connectivity index (χ4n) is 1.54. The molecule has 0 saturated heterocycles. The third-order valence-electron chi connectivity index (χ3n) is 2.29. The number of Topliss-reactive ketones (excluding diaryl/α,β-unsaturated/α-hetero) is 2. The van der Waals surface area contributed by atoms with Gasteiger partial charge >= 0.3 is 0 Å². The van der Waals surface area contributed by atoms with Gasteiger partial charge in [0, 0.05) is 11.1 Å². The lowest BCUT2D eigenvalue weighted by Gasteiger charge is -2.15. The zero-order valence-corrected chi connectivity index (χ0v) is 16.6. The second-order valence-electron chi connectivity index (χ2n) is 3.18. The van der Waals surface area contributed by atoms with E-state index in [0.717, 1.165) is 0 Å². The Kier molecular flexibility index (Phi) is 3.61. The third kappa shape index (κ3) is 1.62. The zero-order chi connectivity index (χ0) is 12.5. The predicted octanol–water partition coefficient (Wildman–Crippen LogP) is 4.42. The van der Waals surface area contributed by atoms with Crippen molar-refractivity contribution < 1.29 is 9.59 Å². The molecule has 0 fully saturated rings. The number of alkyl halides is 4. The maximum atomic E-state index is 12.0. The van der Waals surface area contributed by atoms with Crippen LogP contribution in [0.15, 0.2) is 20.1 Å². The molecule has 2 aliphatic rings. The fourth-order valence-corrected chi connectivity index (χ4v) is 7.63. The Bertz CT molecular complexity index is 453. The highest BCUT2D eigenvalue weighted by molar-refractivity contribution is 9.26. The molecule has 0 heterocycles. The maximum absolute atomic E-state index is 12.0. The number of rotatable bonds is 0. The number of ketones is 2. The van der Waals surface area contributed by atoms with E-state index in [1.54, 1.807) is 0 Å². The minimum absolute atomic E-state index is 0.176. The molecule has 0 N–H and O–H groups in total. The standard InChI is InChI=1S/C8Br6O2/c9-3-1-2(8(13,14)5(3)15)4(10)6(16)7(1,11)12. The van der Waals surface area contributed by atoms with Crippen molar-refractivity contribution in [2.45, 2.75) is 6.47 Å². The quantitative estimate of drug-likeness (QED) is 0.383. The summed E-state index contributed by atoms with van der Waals surface area (Å²) in [6.45, 7) is 0. The number of carbonyl (C=O) groups excluding carboxylic acids is 2. The summed E-state index contributed by atoms with van der Waals surface area (Å²) in [5.41, 5.74) is 1.17. The van der Waals surface area contributed by atoms with Crippen LogP contribution in [0.3, 0.4) is 0 Å². The van der Waals surface area contributed by atoms with Crippen LogP contribution in [0.25, 0.3) is 0 Å². The molecule has 0 aliphatic heterocycles. The molecule has 0 aromatic rings. The van der Waals surface area contributed by atoms with Gasteiger partial charge in [-0.25, -0.2) is 0 Å². The van der Waals surface area contributed by atoms with E-state index in [1.807, 2.05) is 0 Å². The Labute approximate surface area is 141 Å². The summed E-state index contributed by atoms with van der Waals surface area (Å²) < 4.78 is -1.36. The van der Waals surface area contributed by atoms with Gasteiger partial charge in [0.1, 0.15) is 0 Å². The van der Waals surface area contributed by atoms with Gasteiger partial charge < -0.3 is 0 Å². The second kappa shape index (κ2) is 4.10. The predicted molar refractivity (Wildman–Crippen MR) is 83.1 cm³/mol. The van der Waals surface area contributed by atoms with Gasteiger partial charge in [-0.1, -0.05) is 63.7 Å². The molecule has 0 aromatic heterocycles. The van der Waals surface area contributed by atoms with Crippen molar-refractivity contribution in [1.82, 2.24) is 0 Å². The van der Waals surface area contributed by atoms with E-state index in [1.165, 1.54) is 0 Å². The minimum Gasteiger partial charge on any atom is -0.291 e. The monoisotopic (exact) mass is 601 g/mol. The molecule has 0 atom stereocenters. The Morgan fingerprint density at radius 3 is 1.19 bits per heavy atom. The van der Waals surface area contributed by atoms with E-state index in [-0.39, 0.29) is 11.6 Å². The van der Waals surface area contributed by atoms with Crippen LogP contribution in [0.5, 0.6) is 0 Å². The van der Waals surface area contributed by atoms with Crippen LogP contribution in [-0.4, -0.2) is 18.0 Å². The van der Waals surface area contributed by atoms with E-state index in [4.69, 9.17) is 0 Å². The van der Waals surface area contributed by atoms with Crippen LogP contribution in [0.1, 0.15) is 0 Å². The van der Waals surface area contributed by atoms with Crippen LogP contribution >= 0.6 is 95.6 Å². The summed E-state index contributed by atoms with van der Waals surface area (Å²) in [4.78, 5) is 23.9. The van der Waals surface area contributed by atoms with E-state index < -0.39 is 6.47 Å². The first-order valence-corrected chi connectivity index (χ1v) is 8.55. The lowest BCUT2D eigenvalue weighted by Crippen LogP contribution is -2.22. The molecule has 2 rings (SSSR count). The number of hydrogen-bond donors (Lipinski definition) is 0. The number of halogens is 6. The molecular formula is C8Br6O2. The van der Waals surface area contributed by atoms with Gasteiger partial charge in [0.05, 0.1) is 8.96 Å². The van der Waals surface area contributed by atoms with Gasteiger partial charge in [-0.2, -0.15) is 0 Å². The first-order chi connectivity index (χ1) is 7.13. The average Bonchev–Trinajstić information content (AvgIpc) is 2.47. The van der Waals surface area contributed by atoms with Crippen molar-refractivity contribution in [1.29, 1.82) is 0 Å². The van der Waals surface area contributed by atoms with Gasteiger partial charge in [0.2, 0.25) is 11.6 Å². The molecule has 2 aliphatic carbocycles. The van der Waals surface area contributed by atoms with Crippen molar-refractivity contribution in [3.05, 3.63) is 20.1 Å². The number of carbonyl (C=O) groups is 2. The van der Waals surface area contributed by atoms with Crippen molar-refractivity contribution in [3.63, 3.8) is 0 Å². The van der Waals surface area contributed by atoms with Gasteiger partial charge in [0.15, 0.2) is 6.47 Å². The molecule has 0 amide bonds. The highest BCUT2D eigenvalue weighted by Crippen LogP contribution is 2.62. The van der Waals surface area contributed by atoms with Gasteiger partial charge in [0.25, 0.3) is 0 Å². The van der Waals surface area contributed by atoms with Crippen molar-refractivity contribution in [3.8, 4) is 0 Å². The first-order valence-electron chi connectivity index (χ1n) is 3.79. The molecule has 0 saturated carbocycles. The minimum atomic E-state index is -1.05. The average molecular weight is 608 g/mol. The Balaban J connectivity index is 2.82. The highest BCUT2D eigenvalue weighted by atomic mass is 79.9. The Morgan fingerprint density at radius 2 is 0.938 bits per heavy atom. The first kappa shape index (κ1) is 14.1. The lowest BCUT2D eigenvalue weighted by molar-refractivity contribution is -0.113. The van der Waals surface area contributed by atoms with E-state index in [0.29, 0.717) is 20.1 Å². The SMILES string of the molecule is O=C1C(Br)=C2C(=C(Br)C(=O)C2(Br)Br)C1(Br)Br. The molecule has 0 spiro atoms. The van der Waals surface area contributed by atoms with E-state index in [9.17, 15) is 9.59 Å². The van der Waals surface area contributed by atoms with Crippen LogP contribution in [0, 0.1) is 0 Å². The summed E-state index contributed by atoms with van der Waals surface area (Å²) in [5.74, 6) is -0.351. The summed E-state index contributed by atoms with van der Waals surface area (Å²) in [5, 5.41) is 0. The van der Waals surface area contributed by atoms with E-state index >= 15 is 0 Å². The molecule has 8 heteroatoms. The van der Waals surface area contributed by atoms with Crippen LogP contribution in [0.2, 0.25) is 0 Å². The molecule has 16 heavy (non-hydrogen) atoms. The second-order valence-corrected chi connectivity index (χ2v) is 11.7. The lowest BCUT2D eigenvalue weighted by atomic mass is 10.2. The Morgan fingerprint density at radius 1 is 0.688 bits per heavy atom. The Hall–Kier alpha value is 1.70. The van der Waals surface area contributed by atoms with Crippen molar-refractivity contribution >= 4 is 107 Å². The summed E-state index contributed by atoms with van der Waals surface area (Å²) in [6, 6.07) is 0. The highest BCUT2D eigenvalue weighted by Gasteiger charge is 2.60. The number of allylic oxidation sites excluding steroid dienone is 4. The molecular weight excluding hydrogens is 608 g/mol. The molecule has 0 unspecified atom stereocenters. The van der Waals surface area contributed by atoms with Crippen LogP contribution in [-0.2, 0) is 9.59 Å². The van der Waals surface area contributed by atoms with Crippen molar-refractivity contribution in [2.75, 3.05) is 0 Å². The van der Waals surface area contributed by atoms with Gasteiger partial charge in [-0.05, 0) is 31.9 Å². The number of fused-ring (bicyclic) bond motifs is 1. The largest absolute Gasteiger partial charge is 0.291 e. The molecule has 0 aromatic carbocycles. The zero-order valence-electron chi connectivity index (χ0n) is 7.08. The molecule has 86 valence electrons. The normalized spacial score (nSPS) is 26.9. The van der Waals surface area contributed by atoms with Gasteiger partial charge in [-0.15, -0.1) is 0 Å². The fraction of sp³-hybridized carbons (Fsp3) is 0.250. The molecule has 2 nitrogen and oxygen atoms in total. The summed E-state index contributed by atoms with van der Waals surface area (Å²) in [7, 11) is 0. The summed E-state index contributed by atoms with van der Waals surface area (Å²) in [6.07, 6.45) is 0. The van der Waals surface area contributed by atoms with Crippen LogP contribution < -0.4 is 0 Å².